The quantitative estimate of drug-likeness (QED) is 0.612. The van der Waals surface area contributed by atoms with Gasteiger partial charge in [-0.2, -0.15) is 0 Å². The van der Waals surface area contributed by atoms with Gasteiger partial charge in [-0.05, 0) is 6.42 Å². The topological polar surface area (TPSA) is 74.6 Å². The number of aliphatic carboxylic acids is 2. The van der Waals surface area contributed by atoms with E-state index >= 15 is 0 Å². The minimum atomic E-state index is -0.939. The third-order valence-corrected chi connectivity index (χ3v) is 1.40. The molecule has 0 aliphatic heterocycles. The van der Waals surface area contributed by atoms with Gasteiger partial charge in [-0.25, -0.2) is 0 Å². The number of carbonyl (C=O) groups is 2. The van der Waals surface area contributed by atoms with Crippen molar-refractivity contribution in [2.75, 3.05) is 0 Å². The summed E-state index contributed by atoms with van der Waals surface area (Å²) in [6, 6.07) is 0. The standard InChI is InChI=1S/C8H12O4/c1-2-6(5-8(11)12)3-4-7(9)10/h3H,2,4-5H2,1H3,(H,9,10)(H,11,12)/b6-3-. The van der Waals surface area contributed by atoms with Crippen molar-refractivity contribution in [3.05, 3.63) is 11.6 Å². The van der Waals surface area contributed by atoms with E-state index in [1.54, 1.807) is 6.92 Å². The second-order valence-corrected chi connectivity index (χ2v) is 2.38. The van der Waals surface area contributed by atoms with Crippen molar-refractivity contribution in [1.29, 1.82) is 0 Å². The fourth-order valence-electron chi connectivity index (χ4n) is 0.767. The molecule has 0 aliphatic carbocycles. The first kappa shape index (κ1) is 10.7. The highest BCUT2D eigenvalue weighted by Crippen LogP contribution is 2.07. The van der Waals surface area contributed by atoms with Crippen molar-refractivity contribution in [3.63, 3.8) is 0 Å². The van der Waals surface area contributed by atoms with Crippen LogP contribution in [-0.4, -0.2) is 22.2 Å². The monoisotopic (exact) mass is 172 g/mol. The summed E-state index contributed by atoms with van der Waals surface area (Å²) in [5.41, 5.74) is 0.657. The summed E-state index contributed by atoms with van der Waals surface area (Å²) in [7, 11) is 0. The molecule has 0 saturated carbocycles. The second-order valence-electron chi connectivity index (χ2n) is 2.38. The van der Waals surface area contributed by atoms with E-state index < -0.39 is 11.9 Å². The molecule has 0 atom stereocenters. The smallest absolute Gasteiger partial charge is 0.307 e. The summed E-state index contributed by atoms with van der Waals surface area (Å²) in [6.45, 7) is 1.80. The molecule has 0 aliphatic rings. The maximum Gasteiger partial charge on any atom is 0.307 e. The molecule has 0 unspecified atom stereocenters. The van der Waals surface area contributed by atoms with Gasteiger partial charge < -0.3 is 10.2 Å². The van der Waals surface area contributed by atoms with Crippen LogP contribution in [0.4, 0.5) is 0 Å². The largest absolute Gasteiger partial charge is 0.481 e. The van der Waals surface area contributed by atoms with Gasteiger partial charge in [0.05, 0.1) is 12.8 Å². The van der Waals surface area contributed by atoms with Crippen molar-refractivity contribution in [1.82, 2.24) is 0 Å². The molecule has 0 aromatic heterocycles. The molecule has 68 valence electrons. The summed E-state index contributed by atoms with van der Waals surface area (Å²) < 4.78 is 0. The highest BCUT2D eigenvalue weighted by molar-refractivity contribution is 5.71. The number of carboxylic acid groups (broad SMARTS) is 2. The number of carboxylic acids is 2. The Morgan fingerprint density at radius 2 is 1.83 bits per heavy atom. The average Bonchev–Trinajstić information content (AvgIpc) is 1.97. The van der Waals surface area contributed by atoms with Gasteiger partial charge in [0.15, 0.2) is 0 Å². The van der Waals surface area contributed by atoms with Gasteiger partial charge in [-0.15, -0.1) is 0 Å². The van der Waals surface area contributed by atoms with Gasteiger partial charge in [0.25, 0.3) is 0 Å². The molecule has 0 aromatic rings. The van der Waals surface area contributed by atoms with E-state index in [1.807, 2.05) is 0 Å². The predicted molar refractivity (Wildman–Crippen MR) is 42.9 cm³/mol. The lowest BCUT2D eigenvalue weighted by Crippen LogP contribution is -1.98. The van der Waals surface area contributed by atoms with E-state index in [0.717, 1.165) is 0 Å². The zero-order valence-electron chi connectivity index (χ0n) is 6.91. The highest BCUT2D eigenvalue weighted by atomic mass is 16.4. The minimum Gasteiger partial charge on any atom is -0.481 e. The molecular weight excluding hydrogens is 160 g/mol. The van der Waals surface area contributed by atoms with Gasteiger partial charge in [-0.1, -0.05) is 18.6 Å². The Morgan fingerprint density at radius 1 is 1.25 bits per heavy atom. The van der Waals surface area contributed by atoms with Gasteiger partial charge >= 0.3 is 11.9 Å². The molecule has 2 N–H and O–H groups in total. The normalized spacial score (nSPS) is 11.2. The maximum atomic E-state index is 10.2. The number of hydrogen-bond acceptors (Lipinski definition) is 2. The molecule has 4 nitrogen and oxygen atoms in total. The van der Waals surface area contributed by atoms with Crippen molar-refractivity contribution in [3.8, 4) is 0 Å². The average molecular weight is 172 g/mol. The zero-order chi connectivity index (χ0) is 9.56. The highest BCUT2D eigenvalue weighted by Gasteiger charge is 2.02. The lowest BCUT2D eigenvalue weighted by Gasteiger charge is -1.98. The summed E-state index contributed by atoms with van der Waals surface area (Å²) >= 11 is 0. The van der Waals surface area contributed by atoms with Crippen LogP contribution in [0.2, 0.25) is 0 Å². The van der Waals surface area contributed by atoms with E-state index in [-0.39, 0.29) is 12.8 Å². The summed E-state index contributed by atoms with van der Waals surface area (Å²) in [4.78, 5) is 20.3. The Balaban J connectivity index is 4.04. The minimum absolute atomic E-state index is 0.0657. The summed E-state index contributed by atoms with van der Waals surface area (Å²) in [5, 5.41) is 16.7. The molecule has 0 heterocycles. The third-order valence-electron chi connectivity index (χ3n) is 1.40. The van der Waals surface area contributed by atoms with Crippen LogP contribution >= 0.6 is 0 Å². The summed E-state index contributed by atoms with van der Waals surface area (Å²) in [6.07, 6.45) is 1.87. The first-order valence-electron chi connectivity index (χ1n) is 3.67. The molecule has 0 rings (SSSR count). The van der Waals surface area contributed by atoms with E-state index in [0.29, 0.717) is 12.0 Å². The van der Waals surface area contributed by atoms with Crippen molar-refractivity contribution < 1.29 is 19.8 Å². The van der Waals surface area contributed by atoms with Crippen LogP contribution < -0.4 is 0 Å². The van der Waals surface area contributed by atoms with Crippen LogP contribution in [0.1, 0.15) is 26.2 Å². The van der Waals surface area contributed by atoms with Crippen LogP contribution in [-0.2, 0) is 9.59 Å². The Hall–Kier alpha value is -1.32. The third kappa shape index (κ3) is 5.46. The van der Waals surface area contributed by atoms with Crippen molar-refractivity contribution >= 4 is 11.9 Å². The Labute approximate surface area is 70.5 Å². The molecule has 4 heteroatoms. The number of hydrogen-bond donors (Lipinski definition) is 2. The first-order valence-corrected chi connectivity index (χ1v) is 3.67. The van der Waals surface area contributed by atoms with Crippen LogP contribution in [0.3, 0.4) is 0 Å². The van der Waals surface area contributed by atoms with Gasteiger partial charge in [0, 0.05) is 0 Å². The van der Waals surface area contributed by atoms with Crippen LogP contribution in [0, 0.1) is 0 Å². The van der Waals surface area contributed by atoms with E-state index in [1.165, 1.54) is 6.08 Å². The van der Waals surface area contributed by atoms with Crippen LogP contribution in [0.5, 0.6) is 0 Å². The lowest BCUT2D eigenvalue weighted by atomic mass is 10.1. The first-order chi connectivity index (χ1) is 5.56. The second kappa shape index (κ2) is 5.35. The Kier molecular flexibility index (Phi) is 4.76. The number of rotatable bonds is 5. The fraction of sp³-hybridized carbons (Fsp3) is 0.500. The van der Waals surface area contributed by atoms with Gasteiger partial charge in [0.2, 0.25) is 0 Å². The molecule has 0 spiro atoms. The van der Waals surface area contributed by atoms with E-state index in [9.17, 15) is 9.59 Å². The van der Waals surface area contributed by atoms with Gasteiger partial charge in [0.1, 0.15) is 0 Å². The Bertz CT molecular complexity index is 205. The molecular formula is C8H12O4. The molecule has 12 heavy (non-hydrogen) atoms. The molecule has 0 radical (unpaired) electrons. The molecule has 0 fully saturated rings. The van der Waals surface area contributed by atoms with E-state index in [2.05, 4.69) is 0 Å². The van der Waals surface area contributed by atoms with Crippen molar-refractivity contribution in [2.45, 2.75) is 26.2 Å². The zero-order valence-corrected chi connectivity index (χ0v) is 6.91. The molecule has 0 aromatic carbocycles. The van der Waals surface area contributed by atoms with Crippen molar-refractivity contribution in [2.24, 2.45) is 0 Å². The predicted octanol–water partition coefficient (Wildman–Crippen LogP) is 1.27. The summed E-state index contributed by atoms with van der Waals surface area (Å²) in [5.74, 6) is -1.86. The van der Waals surface area contributed by atoms with Crippen LogP contribution in [0.25, 0.3) is 0 Å². The van der Waals surface area contributed by atoms with E-state index in [4.69, 9.17) is 10.2 Å². The maximum absolute atomic E-state index is 10.2. The molecule has 0 bridgehead atoms. The lowest BCUT2D eigenvalue weighted by molar-refractivity contribution is -0.137. The molecule has 0 saturated heterocycles. The van der Waals surface area contributed by atoms with Crippen LogP contribution in [0.15, 0.2) is 11.6 Å². The van der Waals surface area contributed by atoms with Gasteiger partial charge in [-0.3, -0.25) is 9.59 Å². The SMILES string of the molecule is CC/C(=C/CC(=O)O)CC(=O)O. The molecule has 0 amide bonds. The fourth-order valence-corrected chi connectivity index (χ4v) is 0.767. The Morgan fingerprint density at radius 3 is 2.17 bits per heavy atom.